The van der Waals surface area contributed by atoms with Crippen LogP contribution in [0.1, 0.15) is 15.2 Å². The van der Waals surface area contributed by atoms with Crippen LogP contribution in [0.15, 0.2) is 29.6 Å². The van der Waals surface area contributed by atoms with E-state index < -0.39 is 5.91 Å². The van der Waals surface area contributed by atoms with Crippen LogP contribution >= 0.6 is 22.9 Å². The molecule has 0 atom stereocenters. The van der Waals surface area contributed by atoms with Crippen LogP contribution in [0.5, 0.6) is 5.88 Å². The molecule has 0 aliphatic carbocycles. The van der Waals surface area contributed by atoms with Crippen molar-refractivity contribution in [2.45, 2.75) is 6.54 Å². The maximum Gasteiger partial charge on any atom is 0.237 e. The Labute approximate surface area is 133 Å². The zero-order chi connectivity index (χ0) is 15.9. The summed E-state index contributed by atoms with van der Waals surface area (Å²) in [5.41, 5.74) is 5.87. The Morgan fingerprint density at radius 2 is 2.14 bits per heavy atom. The van der Waals surface area contributed by atoms with Crippen LogP contribution in [0.2, 0.25) is 5.15 Å². The molecule has 3 rings (SSSR count). The summed E-state index contributed by atoms with van der Waals surface area (Å²) in [7, 11) is 0. The van der Waals surface area contributed by atoms with E-state index in [1.165, 1.54) is 22.0 Å². The first-order valence-corrected chi connectivity index (χ1v) is 7.49. The molecule has 0 saturated heterocycles. The van der Waals surface area contributed by atoms with E-state index in [9.17, 15) is 14.7 Å². The fourth-order valence-corrected chi connectivity index (χ4v) is 3.06. The first-order chi connectivity index (χ1) is 10.5. The molecule has 1 amide bonds. The summed E-state index contributed by atoms with van der Waals surface area (Å²) in [4.78, 5) is 28.4. The average Bonchev–Trinajstić information content (AvgIpc) is 3.06. The molecule has 22 heavy (non-hydrogen) atoms. The Kier molecular flexibility index (Phi) is 3.59. The highest BCUT2D eigenvalue weighted by Crippen LogP contribution is 2.33. The molecule has 3 aromatic heterocycles. The van der Waals surface area contributed by atoms with Crippen molar-refractivity contribution in [1.29, 1.82) is 0 Å². The number of amides is 1. The van der Waals surface area contributed by atoms with Crippen LogP contribution in [0.4, 0.5) is 0 Å². The van der Waals surface area contributed by atoms with Gasteiger partial charge in [0.15, 0.2) is 0 Å². The largest absolute Gasteiger partial charge is 0.494 e. The molecule has 0 aliphatic rings. The van der Waals surface area contributed by atoms with Gasteiger partial charge < -0.3 is 15.4 Å². The van der Waals surface area contributed by atoms with Gasteiger partial charge in [0.05, 0.1) is 10.4 Å². The molecule has 6 nitrogen and oxygen atoms in total. The summed E-state index contributed by atoms with van der Waals surface area (Å²) >= 11 is 7.13. The van der Waals surface area contributed by atoms with Gasteiger partial charge in [-0.25, -0.2) is 4.98 Å². The summed E-state index contributed by atoms with van der Waals surface area (Å²) in [5, 5.41) is 12.3. The number of primary amides is 1. The lowest BCUT2D eigenvalue weighted by Gasteiger charge is -2.03. The number of nitrogens with two attached hydrogens (primary N) is 1. The topological polar surface area (TPSA) is 98.2 Å². The Morgan fingerprint density at radius 3 is 2.77 bits per heavy atom. The number of hydrogen-bond donors (Lipinski definition) is 2. The van der Waals surface area contributed by atoms with Gasteiger partial charge in [-0.3, -0.25) is 9.59 Å². The quantitative estimate of drug-likeness (QED) is 0.564. The molecule has 0 fully saturated rings. The number of fused-ring (bicyclic) bond motifs is 1. The van der Waals surface area contributed by atoms with Crippen LogP contribution in [0.3, 0.4) is 0 Å². The minimum Gasteiger partial charge on any atom is -0.494 e. The van der Waals surface area contributed by atoms with Gasteiger partial charge in [-0.15, -0.1) is 11.3 Å². The van der Waals surface area contributed by atoms with Gasteiger partial charge in [-0.05, 0) is 23.6 Å². The molecular weight excluding hydrogens is 326 g/mol. The third-order valence-corrected chi connectivity index (χ3v) is 4.21. The Morgan fingerprint density at radius 1 is 1.36 bits per heavy atom. The monoisotopic (exact) mass is 335 g/mol. The van der Waals surface area contributed by atoms with Crippen LogP contribution in [0.25, 0.3) is 11.0 Å². The normalized spacial score (nSPS) is 11.0. The Hall–Kier alpha value is -2.38. The van der Waals surface area contributed by atoms with E-state index in [0.717, 1.165) is 0 Å². The number of rotatable bonds is 4. The molecule has 0 bridgehead atoms. The number of pyridine rings is 1. The van der Waals surface area contributed by atoms with E-state index in [4.69, 9.17) is 17.3 Å². The van der Waals surface area contributed by atoms with Gasteiger partial charge in [-0.1, -0.05) is 17.7 Å². The predicted octanol–water partition coefficient (Wildman–Crippen LogP) is 2.17. The Bertz CT molecular complexity index is 887. The van der Waals surface area contributed by atoms with E-state index in [0.29, 0.717) is 10.4 Å². The minimum absolute atomic E-state index is 0.0150. The number of thiophene rings is 1. The SMILES string of the molecule is NC(=O)Cn1c(O)c(C(=O)c2cccs2)c2nc(Cl)ccc21. The maximum absolute atomic E-state index is 12.6. The molecule has 8 heteroatoms. The van der Waals surface area contributed by atoms with E-state index >= 15 is 0 Å². The third-order valence-electron chi connectivity index (χ3n) is 3.13. The molecule has 0 aromatic carbocycles. The summed E-state index contributed by atoms with van der Waals surface area (Å²) in [6.45, 7) is -0.261. The van der Waals surface area contributed by atoms with Crippen molar-refractivity contribution in [2.24, 2.45) is 5.73 Å². The van der Waals surface area contributed by atoms with Gasteiger partial charge >= 0.3 is 0 Å². The van der Waals surface area contributed by atoms with E-state index in [2.05, 4.69) is 4.98 Å². The number of hydrogen-bond acceptors (Lipinski definition) is 5. The van der Waals surface area contributed by atoms with Crippen LogP contribution in [-0.2, 0) is 11.3 Å². The molecule has 3 N–H and O–H groups in total. The van der Waals surface area contributed by atoms with Crippen molar-refractivity contribution in [2.75, 3.05) is 0 Å². The highest BCUT2D eigenvalue weighted by Gasteiger charge is 2.26. The second-order valence-electron chi connectivity index (χ2n) is 4.56. The molecule has 0 unspecified atom stereocenters. The molecule has 0 saturated carbocycles. The van der Waals surface area contributed by atoms with Crippen LogP contribution in [0, 0.1) is 0 Å². The highest BCUT2D eigenvalue weighted by molar-refractivity contribution is 7.12. The van der Waals surface area contributed by atoms with Crippen LogP contribution in [-0.4, -0.2) is 26.3 Å². The second kappa shape index (κ2) is 5.43. The van der Waals surface area contributed by atoms with Crippen molar-refractivity contribution in [3.8, 4) is 5.88 Å². The number of halogens is 1. The van der Waals surface area contributed by atoms with Gasteiger partial charge in [0.1, 0.15) is 22.8 Å². The van der Waals surface area contributed by atoms with E-state index in [1.54, 1.807) is 23.6 Å². The zero-order valence-corrected chi connectivity index (χ0v) is 12.7. The lowest BCUT2D eigenvalue weighted by Crippen LogP contribution is -2.18. The standard InChI is InChI=1S/C14H10ClN3O3S/c15-9-4-3-7-12(17-9)11(13(20)8-2-1-5-22-8)14(21)18(7)6-10(16)19/h1-5,21H,6H2,(H2,16,19). The number of aromatic nitrogens is 2. The third kappa shape index (κ3) is 2.34. The first kappa shape index (κ1) is 14.6. The number of ketones is 1. The van der Waals surface area contributed by atoms with Crippen molar-refractivity contribution < 1.29 is 14.7 Å². The van der Waals surface area contributed by atoms with Crippen molar-refractivity contribution in [3.63, 3.8) is 0 Å². The lowest BCUT2D eigenvalue weighted by molar-refractivity contribution is -0.118. The van der Waals surface area contributed by atoms with Gasteiger partial charge in [0.25, 0.3) is 0 Å². The molecule has 0 radical (unpaired) electrons. The van der Waals surface area contributed by atoms with Crippen LogP contribution < -0.4 is 5.73 Å². The van der Waals surface area contributed by atoms with Crippen molar-refractivity contribution in [1.82, 2.24) is 9.55 Å². The maximum atomic E-state index is 12.6. The van der Waals surface area contributed by atoms with Gasteiger partial charge in [0, 0.05) is 0 Å². The molecule has 3 heterocycles. The average molecular weight is 336 g/mol. The zero-order valence-electron chi connectivity index (χ0n) is 11.1. The Balaban J connectivity index is 2.29. The second-order valence-corrected chi connectivity index (χ2v) is 5.89. The molecular formula is C14H10ClN3O3S. The molecule has 0 spiro atoms. The van der Waals surface area contributed by atoms with Crippen molar-refractivity contribution in [3.05, 3.63) is 45.2 Å². The summed E-state index contributed by atoms with van der Waals surface area (Å²) in [6.07, 6.45) is 0. The highest BCUT2D eigenvalue weighted by atomic mass is 35.5. The van der Waals surface area contributed by atoms with E-state index in [1.807, 2.05) is 0 Å². The minimum atomic E-state index is -0.641. The molecule has 112 valence electrons. The summed E-state index contributed by atoms with van der Waals surface area (Å²) in [6, 6.07) is 6.48. The number of nitrogens with zero attached hydrogens (tertiary/aromatic N) is 2. The lowest BCUT2D eigenvalue weighted by atomic mass is 10.1. The number of carbonyl (C=O) groups excluding carboxylic acids is 2. The fourth-order valence-electron chi connectivity index (χ4n) is 2.24. The van der Waals surface area contributed by atoms with Gasteiger partial charge in [0.2, 0.25) is 17.6 Å². The number of aromatic hydroxyl groups is 1. The predicted molar refractivity (Wildman–Crippen MR) is 83.4 cm³/mol. The van der Waals surface area contributed by atoms with E-state index in [-0.39, 0.29) is 34.4 Å². The molecule has 3 aromatic rings. The smallest absolute Gasteiger partial charge is 0.237 e. The summed E-state index contributed by atoms with van der Waals surface area (Å²) in [5.74, 6) is -1.37. The number of carbonyl (C=O) groups is 2. The van der Waals surface area contributed by atoms with Crippen molar-refractivity contribution >= 4 is 45.7 Å². The molecule has 0 aliphatic heterocycles. The summed E-state index contributed by atoms with van der Waals surface area (Å²) < 4.78 is 1.25. The van der Waals surface area contributed by atoms with Gasteiger partial charge in [-0.2, -0.15) is 0 Å². The fraction of sp³-hybridized carbons (Fsp3) is 0.0714. The first-order valence-electron chi connectivity index (χ1n) is 6.23.